The summed E-state index contributed by atoms with van der Waals surface area (Å²) in [6, 6.07) is 13.9. The van der Waals surface area contributed by atoms with Gasteiger partial charge in [-0.3, -0.25) is 0 Å². The molecule has 5 nitrogen and oxygen atoms in total. The van der Waals surface area contributed by atoms with E-state index < -0.39 is 0 Å². The summed E-state index contributed by atoms with van der Waals surface area (Å²) in [4.78, 5) is 4.42. The molecule has 0 aromatic heterocycles. The Hall–Kier alpha value is -1.48. The second-order valence-corrected chi connectivity index (χ2v) is 7.46. The zero-order valence-corrected chi connectivity index (χ0v) is 20.0. The lowest BCUT2D eigenvalue weighted by Gasteiger charge is -2.27. The Morgan fingerprint density at radius 3 is 2.41 bits per heavy atom. The Morgan fingerprint density at radius 1 is 1.11 bits per heavy atom. The Bertz CT molecular complexity index is 782. The highest BCUT2D eigenvalue weighted by atomic mass is 127. The Balaban J connectivity index is 0.00000364. The van der Waals surface area contributed by atoms with Gasteiger partial charge in [0.25, 0.3) is 0 Å². The van der Waals surface area contributed by atoms with Crippen LogP contribution in [0.4, 0.5) is 0 Å². The van der Waals surface area contributed by atoms with Crippen LogP contribution in [0.5, 0.6) is 11.5 Å². The third-order valence-electron chi connectivity index (χ3n) is 4.19. The summed E-state index contributed by atoms with van der Waals surface area (Å²) in [6.45, 7) is 5.48. The molecule has 0 saturated carbocycles. The van der Waals surface area contributed by atoms with Crippen LogP contribution < -0.4 is 20.5 Å². The molecule has 2 aromatic rings. The van der Waals surface area contributed by atoms with Crippen molar-refractivity contribution in [1.29, 1.82) is 0 Å². The van der Waals surface area contributed by atoms with Gasteiger partial charge in [0.1, 0.15) is 0 Å². The number of nitrogens with zero attached hydrogens (tertiary/aromatic N) is 1. The first-order valence-electron chi connectivity index (χ1n) is 8.37. The van der Waals surface area contributed by atoms with E-state index in [9.17, 15) is 0 Å². The molecule has 0 aliphatic heterocycles. The molecule has 3 N–H and O–H groups in total. The van der Waals surface area contributed by atoms with Crippen LogP contribution in [0.2, 0.25) is 0 Å². The van der Waals surface area contributed by atoms with Crippen molar-refractivity contribution in [3.8, 4) is 11.5 Å². The van der Waals surface area contributed by atoms with Crippen LogP contribution in [0.3, 0.4) is 0 Å². The quantitative estimate of drug-likeness (QED) is 0.305. The van der Waals surface area contributed by atoms with Crippen molar-refractivity contribution in [3.05, 3.63) is 58.1 Å². The van der Waals surface area contributed by atoms with E-state index in [0.29, 0.717) is 30.5 Å². The predicted octanol–water partition coefficient (Wildman–Crippen LogP) is 4.47. The maximum absolute atomic E-state index is 6.04. The maximum Gasteiger partial charge on any atom is 0.188 e. The number of rotatable bonds is 7. The number of hydrogen-bond donors (Lipinski definition) is 2. The minimum atomic E-state index is -0.0937. The number of ether oxygens (including phenoxy) is 2. The standard InChI is InChI=1S/C20H26BrN3O2.HI/c1-20(2,15-7-5-6-8-16(15)21)13-24-19(22)23-12-14-9-10-17(25-3)18(11-14)26-4;/h5-11H,12-13H2,1-4H3,(H3,22,23,24);1H. The van der Waals surface area contributed by atoms with Crippen molar-refractivity contribution in [2.45, 2.75) is 25.8 Å². The highest BCUT2D eigenvalue weighted by Crippen LogP contribution is 2.29. The molecule has 0 aliphatic carbocycles. The zero-order valence-electron chi connectivity index (χ0n) is 16.1. The van der Waals surface area contributed by atoms with E-state index in [1.54, 1.807) is 14.2 Å². The van der Waals surface area contributed by atoms with Crippen LogP contribution in [0, 0.1) is 0 Å². The number of hydrogen-bond acceptors (Lipinski definition) is 3. The molecule has 27 heavy (non-hydrogen) atoms. The molecule has 0 bridgehead atoms. The Morgan fingerprint density at radius 2 is 1.78 bits per heavy atom. The summed E-state index contributed by atoms with van der Waals surface area (Å²) < 4.78 is 11.6. The first-order valence-corrected chi connectivity index (χ1v) is 9.16. The van der Waals surface area contributed by atoms with Crippen molar-refractivity contribution < 1.29 is 9.47 Å². The van der Waals surface area contributed by atoms with E-state index in [0.717, 1.165) is 10.0 Å². The SMILES string of the molecule is COc1ccc(CN=C(N)NCC(C)(C)c2ccccc2Br)cc1OC.I. The van der Waals surface area contributed by atoms with E-state index in [4.69, 9.17) is 15.2 Å². The van der Waals surface area contributed by atoms with Gasteiger partial charge < -0.3 is 20.5 Å². The lowest BCUT2D eigenvalue weighted by atomic mass is 9.84. The van der Waals surface area contributed by atoms with Crippen molar-refractivity contribution in [2.24, 2.45) is 10.7 Å². The lowest BCUT2D eigenvalue weighted by molar-refractivity contribution is 0.354. The largest absolute Gasteiger partial charge is 0.493 e. The maximum atomic E-state index is 6.04. The van der Waals surface area contributed by atoms with E-state index in [2.05, 4.69) is 46.2 Å². The van der Waals surface area contributed by atoms with Gasteiger partial charge in [0, 0.05) is 16.4 Å². The molecular formula is C20H27BrIN3O2. The number of benzene rings is 2. The molecule has 0 fully saturated rings. The minimum absolute atomic E-state index is 0. The van der Waals surface area contributed by atoms with Gasteiger partial charge in [-0.1, -0.05) is 54.0 Å². The van der Waals surface area contributed by atoms with Crippen molar-refractivity contribution in [3.63, 3.8) is 0 Å². The van der Waals surface area contributed by atoms with Gasteiger partial charge in [0.15, 0.2) is 17.5 Å². The molecule has 0 atom stereocenters. The average molecular weight is 548 g/mol. The number of guanidine groups is 1. The van der Waals surface area contributed by atoms with Crippen molar-refractivity contribution in [2.75, 3.05) is 20.8 Å². The predicted molar refractivity (Wildman–Crippen MR) is 125 cm³/mol. The van der Waals surface area contributed by atoms with Crippen LogP contribution in [0.25, 0.3) is 0 Å². The van der Waals surface area contributed by atoms with Crippen molar-refractivity contribution >= 4 is 45.9 Å². The fourth-order valence-electron chi connectivity index (χ4n) is 2.63. The van der Waals surface area contributed by atoms with Crippen LogP contribution in [0.1, 0.15) is 25.0 Å². The van der Waals surface area contributed by atoms with Crippen LogP contribution >= 0.6 is 39.9 Å². The van der Waals surface area contributed by atoms with Gasteiger partial charge >= 0.3 is 0 Å². The monoisotopic (exact) mass is 547 g/mol. The smallest absolute Gasteiger partial charge is 0.188 e. The number of aliphatic imine (C=N–C) groups is 1. The summed E-state index contributed by atoms with van der Waals surface area (Å²) in [5.74, 6) is 1.79. The van der Waals surface area contributed by atoms with Gasteiger partial charge in [-0.25, -0.2) is 4.99 Å². The normalized spacial score (nSPS) is 11.5. The van der Waals surface area contributed by atoms with Crippen LogP contribution in [-0.4, -0.2) is 26.7 Å². The molecule has 0 saturated heterocycles. The molecule has 2 rings (SSSR count). The van der Waals surface area contributed by atoms with Gasteiger partial charge in [0.2, 0.25) is 0 Å². The lowest BCUT2D eigenvalue weighted by Crippen LogP contribution is -2.40. The van der Waals surface area contributed by atoms with E-state index in [-0.39, 0.29) is 29.4 Å². The minimum Gasteiger partial charge on any atom is -0.493 e. The number of nitrogens with two attached hydrogens (primary N) is 1. The zero-order chi connectivity index (χ0) is 19.2. The number of nitrogens with one attached hydrogen (secondary N) is 1. The van der Waals surface area contributed by atoms with Crippen LogP contribution in [-0.2, 0) is 12.0 Å². The number of methoxy groups -OCH3 is 2. The second-order valence-electron chi connectivity index (χ2n) is 6.61. The van der Waals surface area contributed by atoms with E-state index in [1.807, 2.05) is 36.4 Å². The molecule has 0 heterocycles. The summed E-state index contributed by atoms with van der Waals surface area (Å²) in [7, 11) is 3.23. The second kappa shape index (κ2) is 10.8. The number of halogens is 2. The summed E-state index contributed by atoms with van der Waals surface area (Å²) in [6.07, 6.45) is 0. The molecule has 0 unspecified atom stereocenters. The Kier molecular flexibility index (Phi) is 9.38. The van der Waals surface area contributed by atoms with Gasteiger partial charge in [0.05, 0.1) is 20.8 Å². The fraction of sp³-hybridized carbons (Fsp3) is 0.350. The van der Waals surface area contributed by atoms with Gasteiger partial charge in [-0.15, -0.1) is 24.0 Å². The summed E-state index contributed by atoms with van der Waals surface area (Å²) >= 11 is 3.61. The average Bonchev–Trinajstić information content (AvgIpc) is 2.64. The molecule has 0 radical (unpaired) electrons. The molecule has 0 amide bonds. The summed E-state index contributed by atoms with van der Waals surface area (Å²) in [5.41, 5.74) is 8.17. The van der Waals surface area contributed by atoms with E-state index in [1.165, 1.54) is 5.56 Å². The van der Waals surface area contributed by atoms with E-state index >= 15 is 0 Å². The molecule has 148 valence electrons. The molecular weight excluding hydrogens is 521 g/mol. The molecule has 2 aromatic carbocycles. The third kappa shape index (κ3) is 6.57. The fourth-order valence-corrected chi connectivity index (χ4v) is 3.45. The first kappa shape index (κ1) is 23.6. The first-order chi connectivity index (χ1) is 12.4. The Labute approximate surface area is 186 Å². The third-order valence-corrected chi connectivity index (χ3v) is 4.89. The highest BCUT2D eigenvalue weighted by Gasteiger charge is 2.22. The van der Waals surface area contributed by atoms with Crippen LogP contribution in [0.15, 0.2) is 51.9 Å². The van der Waals surface area contributed by atoms with Crippen molar-refractivity contribution in [1.82, 2.24) is 5.32 Å². The van der Waals surface area contributed by atoms with Gasteiger partial charge in [-0.05, 0) is 29.3 Å². The molecule has 0 aliphatic rings. The molecule has 0 spiro atoms. The summed E-state index contributed by atoms with van der Waals surface area (Å²) in [5, 5.41) is 3.22. The van der Waals surface area contributed by atoms with Gasteiger partial charge in [-0.2, -0.15) is 0 Å². The topological polar surface area (TPSA) is 68.9 Å². The molecule has 7 heteroatoms. The highest BCUT2D eigenvalue weighted by molar-refractivity contribution is 14.0.